The van der Waals surface area contributed by atoms with Crippen LogP contribution in [0.2, 0.25) is 0 Å². The number of primary amides is 2. The van der Waals surface area contributed by atoms with Crippen LogP contribution in [0, 0.1) is 23.7 Å². The maximum atomic E-state index is 11.1. The van der Waals surface area contributed by atoms with Crippen molar-refractivity contribution in [2.24, 2.45) is 35.1 Å². The van der Waals surface area contributed by atoms with Crippen molar-refractivity contribution in [1.82, 2.24) is 0 Å². The topological polar surface area (TPSA) is 86.2 Å². The van der Waals surface area contributed by atoms with Gasteiger partial charge in [0.05, 0.1) is 11.8 Å². The first-order chi connectivity index (χ1) is 6.11. The van der Waals surface area contributed by atoms with Crippen LogP contribution in [0.1, 0.15) is 6.42 Å². The molecule has 4 atom stereocenters. The van der Waals surface area contributed by atoms with Gasteiger partial charge >= 0.3 is 0 Å². The standard InChI is InChI=1S/C9H12N2O2/c10-8(12)6-4-1-2-5(3-4)7(6)9(11)13/h1-2,4-7H,3H2,(H2,10,12)(H2,11,13)/t4-,5+,6?,7?. The van der Waals surface area contributed by atoms with Crippen molar-refractivity contribution in [3.63, 3.8) is 0 Å². The Bertz CT molecular complexity index is 270. The molecule has 1 saturated carbocycles. The van der Waals surface area contributed by atoms with Gasteiger partial charge in [-0.1, -0.05) is 12.2 Å². The number of allylic oxidation sites excluding steroid dienone is 2. The second-order valence-corrected chi connectivity index (χ2v) is 3.80. The van der Waals surface area contributed by atoms with Gasteiger partial charge in [-0.25, -0.2) is 0 Å². The molecule has 13 heavy (non-hydrogen) atoms. The zero-order valence-corrected chi connectivity index (χ0v) is 7.14. The second kappa shape index (κ2) is 2.58. The zero-order chi connectivity index (χ0) is 9.59. The number of hydrogen-bond acceptors (Lipinski definition) is 2. The molecule has 0 aromatic carbocycles. The maximum absolute atomic E-state index is 11.1. The monoisotopic (exact) mass is 180 g/mol. The number of carbonyl (C=O) groups is 2. The molecule has 1 fully saturated rings. The highest BCUT2D eigenvalue weighted by Crippen LogP contribution is 2.47. The van der Waals surface area contributed by atoms with Crippen molar-refractivity contribution >= 4 is 11.8 Å². The first kappa shape index (κ1) is 8.29. The molecule has 0 heterocycles. The summed E-state index contributed by atoms with van der Waals surface area (Å²) in [6.07, 6.45) is 4.79. The van der Waals surface area contributed by atoms with Crippen molar-refractivity contribution in [2.75, 3.05) is 0 Å². The first-order valence-corrected chi connectivity index (χ1v) is 4.38. The number of nitrogens with two attached hydrogens (primary N) is 2. The third kappa shape index (κ3) is 1.05. The molecule has 4 heteroatoms. The maximum Gasteiger partial charge on any atom is 0.221 e. The van der Waals surface area contributed by atoms with Crippen LogP contribution in [0.25, 0.3) is 0 Å². The third-order valence-corrected chi connectivity index (χ3v) is 3.12. The van der Waals surface area contributed by atoms with Gasteiger partial charge in [0.15, 0.2) is 0 Å². The Morgan fingerprint density at radius 2 is 1.38 bits per heavy atom. The van der Waals surface area contributed by atoms with Gasteiger partial charge in [-0.2, -0.15) is 0 Å². The second-order valence-electron chi connectivity index (χ2n) is 3.80. The quantitative estimate of drug-likeness (QED) is 0.556. The number of amides is 2. The summed E-state index contributed by atoms with van der Waals surface area (Å²) in [5, 5.41) is 0. The van der Waals surface area contributed by atoms with E-state index in [1.807, 2.05) is 12.2 Å². The third-order valence-electron chi connectivity index (χ3n) is 3.12. The van der Waals surface area contributed by atoms with Crippen LogP contribution >= 0.6 is 0 Å². The van der Waals surface area contributed by atoms with Crippen molar-refractivity contribution in [3.8, 4) is 0 Å². The van der Waals surface area contributed by atoms with Gasteiger partial charge in [-0.3, -0.25) is 9.59 Å². The molecule has 2 rings (SSSR count). The summed E-state index contributed by atoms with van der Waals surface area (Å²) in [5.41, 5.74) is 10.5. The molecule has 2 bridgehead atoms. The van der Waals surface area contributed by atoms with Crippen molar-refractivity contribution in [3.05, 3.63) is 12.2 Å². The van der Waals surface area contributed by atoms with E-state index in [4.69, 9.17) is 11.5 Å². The average molecular weight is 180 g/mol. The van der Waals surface area contributed by atoms with Gasteiger partial charge in [0.25, 0.3) is 0 Å². The minimum Gasteiger partial charge on any atom is -0.369 e. The van der Waals surface area contributed by atoms with E-state index in [0.29, 0.717) is 0 Å². The predicted molar refractivity (Wildman–Crippen MR) is 46.1 cm³/mol. The Labute approximate surface area is 76.0 Å². The zero-order valence-electron chi connectivity index (χ0n) is 7.14. The molecule has 0 radical (unpaired) electrons. The van der Waals surface area contributed by atoms with E-state index in [2.05, 4.69) is 0 Å². The lowest BCUT2D eigenvalue weighted by molar-refractivity contribution is -0.131. The number of fused-ring (bicyclic) bond motifs is 2. The summed E-state index contributed by atoms with van der Waals surface area (Å²) in [7, 11) is 0. The average Bonchev–Trinajstić information content (AvgIpc) is 2.60. The van der Waals surface area contributed by atoms with Crippen LogP contribution in [0.4, 0.5) is 0 Å². The molecule has 4 nitrogen and oxygen atoms in total. The van der Waals surface area contributed by atoms with Crippen molar-refractivity contribution in [2.45, 2.75) is 6.42 Å². The van der Waals surface area contributed by atoms with E-state index in [9.17, 15) is 9.59 Å². The lowest BCUT2D eigenvalue weighted by Gasteiger charge is -2.22. The fourth-order valence-corrected chi connectivity index (χ4v) is 2.60. The Morgan fingerprint density at radius 3 is 1.69 bits per heavy atom. The number of rotatable bonds is 2. The van der Waals surface area contributed by atoms with E-state index >= 15 is 0 Å². The van der Waals surface area contributed by atoms with E-state index in [1.165, 1.54) is 0 Å². The van der Waals surface area contributed by atoms with Crippen LogP contribution in [0.15, 0.2) is 12.2 Å². The predicted octanol–water partition coefficient (Wildman–Crippen LogP) is -0.605. The summed E-state index contributed by atoms with van der Waals surface area (Å²) in [4.78, 5) is 22.2. The molecular weight excluding hydrogens is 168 g/mol. The number of hydrogen-bond donors (Lipinski definition) is 2. The van der Waals surface area contributed by atoms with Crippen LogP contribution in [-0.2, 0) is 9.59 Å². The summed E-state index contributed by atoms with van der Waals surface area (Å²) in [5.74, 6) is -1.26. The Kier molecular flexibility index (Phi) is 1.65. The van der Waals surface area contributed by atoms with Crippen LogP contribution in [-0.4, -0.2) is 11.8 Å². The fraction of sp³-hybridized carbons (Fsp3) is 0.556. The molecule has 0 spiro atoms. The molecule has 70 valence electrons. The minimum atomic E-state index is -0.402. The Balaban J connectivity index is 2.30. The minimum absolute atomic E-state index is 0.139. The van der Waals surface area contributed by atoms with Crippen LogP contribution < -0.4 is 11.5 Å². The Hall–Kier alpha value is -1.32. The van der Waals surface area contributed by atoms with Crippen LogP contribution in [0.5, 0.6) is 0 Å². The largest absolute Gasteiger partial charge is 0.369 e. The van der Waals surface area contributed by atoms with Gasteiger partial charge < -0.3 is 11.5 Å². The van der Waals surface area contributed by atoms with E-state index in [-0.39, 0.29) is 23.7 Å². The summed E-state index contributed by atoms with van der Waals surface area (Å²) >= 11 is 0. The molecule has 0 aliphatic heterocycles. The van der Waals surface area contributed by atoms with Gasteiger partial charge in [-0.15, -0.1) is 0 Å². The van der Waals surface area contributed by atoms with E-state index in [1.54, 1.807) is 0 Å². The smallest absolute Gasteiger partial charge is 0.221 e. The molecular formula is C9H12N2O2. The van der Waals surface area contributed by atoms with Gasteiger partial charge in [0, 0.05) is 0 Å². The molecule has 2 unspecified atom stereocenters. The normalized spacial score (nSPS) is 40.9. The molecule has 2 aliphatic carbocycles. The van der Waals surface area contributed by atoms with E-state index < -0.39 is 11.8 Å². The summed E-state index contributed by atoms with van der Waals surface area (Å²) < 4.78 is 0. The first-order valence-electron chi connectivity index (χ1n) is 4.38. The molecule has 4 N–H and O–H groups in total. The lowest BCUT2D eigenvalue weighted by atomic mass is 9.82. The van der Waals surface area contributed by atoms with Crippen molar-refractivity contribution in [1.29, 1.82) is 0 Å². The highest BCUT2D eigenvalue weighted by Gasteiger charge is 2.49. The van der Waals surface area contributed by atoms with Gasteiger partial charge in [0.2, 0.25) is 11.8 Å². The molecule has 0 aromatic rings. The van der Waals surface area contributed by atoms with E-state index in [0.717, 1.165) is 6.42 Å². The molecule has 0 saturated heterocycles. The van der Waals surface area contributed by atoms with Crippen molar-refractivity contribution < 1.29 is 9.59 Å². The number of carbonyl (C=O) groups excluding carboxylic acids is 2. The highest BCUT2D eigenvalue weighted by atomic mass is 16.2. The SMILES string of the molecule is NC(=O)C1C(C(N)=O)[C@H]2C=C[C@@H]1C2. The molecule has 2 aliphatic rings. The summed E-state index contributed by atoms with van der Waals surface area (Å²) in [6, 6.07) is 0. The van der Waals surface area contributed by atoms with Crippen LogP contribution in [0.3, 0.4) is 0 Å². The summed E-state index contributed by atoms with van der Waals surface area (Å²) in [6.45, 7) is 0. The highest BCUT2D eigenvalue weighted by molar-refractivity contribution is 5.88. The molecule has 0 aromatic heterocycles. The lowest BCUT2D eigenvalue weighted by Crippen LogP contribution is -2.39. The molecule has 2 amide bonds. The fourth-order valence-electron chi connectivity index (χ4n) is 2.60. The Morgan fingerprint density at radius 1 is 1.00 bits per heavy atom. The van der Waals surface area contributed by atoms with Gasteiger partial charge in [-0.05, 0) is 18.3 Å². The van der Waals surface area contributed by atoms with Gasteiger partial charge in [0.1, 0.15) is 0 Å².